The van der Waals surface area contributed by atoms with Crippen LogP contribution in [0.2, 0.25) is 10.0 Å². The first-order valence-electron chi connectivity index (χ1n) is 12.4. The molecule has 3 rings (SSSR count). The van der Waals surface area contributed by atoms with Gasteiger partial charge in [0.2, 0.25) is 0 Å². The number of hydrogen-bond acceptors (Lipinski definition) is 11. The van der Waals surface area contributed by atoms with Gasteiger partial charge in [-0.25, -0.2) is 14.8 Å². The smallest absolute Gasteiger partial charge is 0.409 e. The number of ether oxygens (including phenoxy) is 2. The van der Waals surface area contributed by atoms with Crippen LogP contribution in [0, 0.1) is 0 Å². The molecule has 0 bridgehead atoms. The van der Waals surface area contributed by atoms with Crippen molar-refractivity contribution in [1.82, 2.24) is 20.2 Å². The van der Waals surface area contributed by atoms with E-state index in [0.717, 1.165) is 0 Å². The van der Waals surface area contributed by atoms with Crippen LogP contribution in [0.15, 0.2) is 28.3 Å². The molecule has 1 atom stereocenters. The summed E-state index contributed by atoms with van der Waals surface area (Å²) in [7, 11) is 4.71. The number of aromatic nitrogens is 2. The summed E-state index contributed by atoms with van der Waals surface area (Å²) in [6.07, 6.45) is 0.290. The SMILES string of the molecule is CN=C(C(C)=NN)c1nc(-c2cc(OC[C@H](O)CNC)ccc2Cl)nc(NC2CCN(C(=O)OC)CC2)c1Cl. The molecule has 39 heavy (non-hydrogen) atoms. The highest BCUT2D eigenvalue weighted by Gasteiger charge is 2.26. The lowest BCUT2D eigenvalue weighted by Gasteiger charge is -2.31. The van der Waals surface area contributed by atoms with Crippen molar-refractivity contribution in [2.24, 2.45) is 15.9 Å². The van der Waals surface area contributed by atoms with Crippen LogP contribution in [0.1, 0.15) is 25.5 Å². The number of piperidine rings is 1. The van der Waals surface area contributed by atoms with Gasteiger partial charge in [-0.15, -0.1) is 0 Å². The van der Waals surface area contributed by atoms with E-state index in [4.69, 9.17) is 48.5 Å². The molecule has 1 aliphatic heterocycles. The number of nitrogens with two attached hydrogens (primary N) is 1. The molecule has 2 heterocycles. The van der Waals surface area contributed by atoms with Crippen LogP contribution >= 0.6 is 23.2 Å². The zero-order valence-corrected chi connectivity index (χ0v) is 23.9. The molecule has 0 unspecified atom stereocenters. The molecule has 1 amide bonds. The van der Waals surface area contributed by atoms with Crippen LogP contribution in [-0.2, 0) is 4.74 Å². The minimum absolute atomic E-state index is 0.0101. The number of likely N-dealkylation sites (N-methyl/N-ethyl adjacent to an activating group) is 1. The van der Waals surface area contributed by atoms with Crippen LogP contribution in [0.3, 0.4) is 0 Å². The Balaban J connectivity index is 2.00. The molecule has 0 radical (unpaired) electrons. The number of hydrogen-bond donors (Lipinski definition) is 4. The zero-order valence-electron chi connectivity index (χ0n) is 22.4. The van der Waals surface area contributed by atoms with E-state index in [1.165, 1.54) is 7.11 Å². The van der Waals surface area contributed by atoms with Gasteiger partial charge in [-0.3, -0.25) is 4.99 Å². The van der Waals surface area contributed by atoms with Crippen LogP contribution in [0.5, 0.6) is 5.75 Å². The topological polar surface area (TPSA) is 160 Å². The number of amides is 1. The van der Waals surface area contributed by atoms with E-state index in [-0.39, 0.29) is 29.6 Å². The van der Waals surface area contributed by atoms with Gasteiger partial charge in [-0.05, 0) is 45.0 Å². The molecule has 1 aromatic carbocycles. The first kappa shape index (κ1) is 30.4. The third kappa shape index (κ3) is 7.69. The van der Waals surface area contributed by atoms with Crippen molar-refractivity contribution in [2.75, 3.05) is 52.8 Å². The molecule has 0 aliphatic carbocycles. The highest BCUT2D eigenvalue weighted by molar-refractivity contribution is 6.50. The van der Waals surface area contributed by atoms with E-state index >= 15 is 0 Å². The van der Waals surface area contributed by atoms with Gasteiger partial charge >= 0.3 is 6.09 Å². The number of anilines is 1. The highest BCUT2D eigenvalue weighted by Crippen LogP contribution is 2.34. The third-order valence-corrected chi connectivity index (χ3v) is 6.85. The lowest BCUT2D eigenvalue weighted by atomic mass is 10.1. The second kappa shape index (κ2) is 14.3. The molecule has 1 fully saturated rings. The van der Waals surface area contributed by atoms with Gasteiger partial charge < -0.3 is 36.0 Å². The third-order valence-electron chi connectivity index (χ3n) is 6.16. The van der Waals surface area contributed by atoms with Crippen LogP contribution in [0.25, 0.3) is 11.4 Å². The van der Waals surface area contributed by atoms with Gasteiger partial charge in [-0.2, -0.15) is 5.10 Å². The molecule has 12 nitrogen and oxygen atoms in total. The number of benzene rings is 1. The van der Waals surface area contributed by atoms with Gasteiger partial charge in [0, 0.05) is 38.3 Å². The molecular formula is C25H34Cl2N8O4. The summed E-state index contributed by atoms with van der Waals surface area (Å²) >= 11 is 13.4. The highest BCUT2D eigenvalue weighted by atomic mass is 35.5. The first-order chi connectivity index (χ1) is 18.7. The van der Waals surface area contributed by atoms with Crippen LogP contribution in [-0.4, -0.2) is 97.1 Å². The Labute approximate surface area is 237 Å². The average molecular weight is 582 g/mol. The zero-order chi connectivity index (χ0) is 28.5. The number of aliphatic imine (C=N–C) groups is 1. The second-order valence-corrected chi connectivity index (χ2v) is 9.67. The first-order valence-corrected chi connectivity index (χ1v) is 13.1. The number of likely N-dealkylation sites (tertiary alicyclic amines) is 1. The van der Waals surface area contributed by atoms with Gasteiger partial charge in [0.05, 0.1) is 17.8 Å². The standard InChI is InChI=1S/C25H34Cl2N8O4/c1-14(34-28)21(30-3)22-20(27)24(31-15-7-9-35(10-8-15)25(37)38-4)33-23(32-22)18-11-17(5-6-19(18)26)39-13-16(36)12-29-2/h5-6,11,15-16,29,36H,7-10,12-13,28H2,1-4H3,(H,31,32,33)/t16-/m1/s1. The average Bonchev–Trinajstić information content (AvgIpc) is 2.94. The van der Waals surface area contributed by atoms with E-state index in [1.54, 1.807) is 44.1 Å². The number of aliphatic hydroxyl groups is 1. The maximum atomic E-state index is 11.9. The fourth-order valence-corrected chi connectivity index (χ4v) is 4.53. The number of aliphatic hydroxyl groups excluding tert-OH is 1. The number of methoxy groups -OCH3 is 1. The van der Waals surface area contributed by atoms with E-state index in [0.29, 0.717) is 71.7 Å². The van der Waals surface area contributed by atoms with Crippen molar-refractivity contribution in [1.29, 1.82) is 0 Å². The molecule has 1 aromatic heterocycles. The predicted octanol–water partition coefficient (Wildman–Crippen LogP) is 2.81. The molecular weight excluding hydrogens is 547 g/mol. The maximum Gasteiger partial charge on any atom is 0.409 e. The largest absolute Gasteiger partial charge is 0.491 e. The number of hydrazone groups is 1. The molecule has 14 heteroatoms. The number of carbonyl (C=O) groups excluding carboxylic acids is 1. The fraction of sp³-hybridized carbons (Fsp3) is 0.480. The van der Waals surface area contributed by atoms with E-state index < -0.39 is 6.10 Å². The summed E-state index contributed by atoms with van der Waals surface area (Å²) in [6, 6.07) is 5.06. The van der Waals surface area contributed by atoms with Crippen LogP contribution in [0.4, 0.5) is 10.6 Å². The summed E-state index contributed by atoms with van der Waals surface area (Å²) in [5.41, 5.74) is 1.66. The van der Waals surface area contributed by atoms with Gasteiger partial charge in [0.15, 0.2) is 5.82 Å². The van der Waals surface area contributed by atoms with Crippen molar-refractivity contribution in [2.45, 2.75) is 31.9 Å². The lowest BCUT2D eigenvalue weighted by Crippen LogP contribution is -2.42. The summed E-state index contributed by atoms with van der Waals surface area (Å²) in [5, 5.41) is 20.7. The molecule has 1 saturated heterocycles. The Morgan fingerprint density at radius 1 is 1.31 bits per heavy atom. The van der Waals surface area contributed by atoms with E-state index in [9.17, 15) is 9.90 Å². The molecule has 212 valence electrons. The van der Waals surface area contributed by atoms with Crippen molar-refractivity contribution in [3.8, 4) is 17.1 Å². The quantitative estimate of drug-likeness (QED) is 0.188. The monoisotopic (exact) mass is 580 g/mol. The summed E-state index contributed by atoms with van der Waals surface area (Å²) < 4.78 is 10.6. The number of nitrogens with one attached hydrogen (secondary N) is 2. The Kier molecular flexibility index (Phi) is 11.1. The van der Waals surface area contributed by atoms with Gasteiger partial charge in [0.25, 0.3) is 0 Å². The number of carbonyl (C=O) groups is 1. The number of nitrogens with zero attached hydrogens (tertiary/aromatic N) is 5. The molecule has 0 saturated carbocycles. The molecule has 2 aromatic rings. The van der Waals surface area contributed by atoms with E-state index in [1.807, 2.05) is 0 Å². The molecule has 5 N–H and O–H groups in total. The van der Waals surface area contributed by atoms with Gasteiger partial charge in [0.1, 0.15) is 40.7 Å². The number of rotatable bonds is 10. The van der Waals surface area contributed by atoms with Crippen molar-refractivity contribution >= 4 is 46.5 Å². The fourth-order valence-electron chi connectivity index (χ4n) is 4.10. The van der Waals surface area contributed by atoms with Crippen LogP contribution < -0.4 is 21.2 Å². The minimum atomic E-state index is -0.684. The van der Waals surface area contributed by atoms with Gasteiger partial charge in [-0.1, -0.05) is 23.2 Å². The Hall–Kier alpha value is -3.19. The maximum absolute atomic E-state index is 11.9. The van der Waals surface area contributed by atoms with Crippen molar-refractivity contribution < 1.29 is 19.4 Å². The summed E-state index contributed by atoms with van der Waals surface area (Å²) in [4.78, 5) is 27.2. The number of halogens is 2. The summed E-state index contributed by atoms with van der Waals surface area (Å²) in [6.45, 7) is 3.23. The molecule has 0 spiro atoms. The lowest BCUT2D eigenvalue weighted by molar-refractivity contribution is 0.108. The Morgan fingerprint density at radius 2 is 2.03 bits per heavy atom. The van der Waals surface area contributed by atoms with Crippen molar-refractivity contribution in [3.05, 3.63) is 33.9 Å². The second-order valence-electron chi connectivity index (χ2n) is 8.88. The minimum Gasteiger partial charge on any atom is -0.491 e. The summed E-state index contributed by atoms with van der Waals surface area (Å²) in [5.74, 6) is 6.69. The Bertz CT molecular complexity index is 1220. The Morgan fingerprint density at radius 3 is 2.64 bits per heavy atom. The normalized spacial score (nSPS) is 15.7. The predicted molar refractivity (Wildman–Crippen MR) is 153 cm³/mol. The molecule has 1 aliphatic rings. The van der Waals surface area contributed by atoms with E-state index in [2.05, 4.69) is 20.7 Å². The van der Waals surface area contributed by atoms with Crippen molar-refractivity contribution in [3.63, 3.8) is 0 Å².